The third-order valence-corrected chi connectivity index (χ3v) is 6.58. The average molecular weight is 202 g/mol. The van der Waals surface area contributed by atoms with Gasteiger partial charge in [-0.25, -0.2) is 0 Å². The monoisotopic (exact) mass is 202 g/mol. The maximum atomic E-state index is 2.25. The molecule has 0 N–H and O–H groups in total. The fourth-order valence-electron chi connectivity index (χ4n) is 2.23. The lowest BCUT2D eigenvalue weighted by Crippen LogP contribution is -2.18. The van der Waals surface area contributed by atoms with Gasteiger partial charge in [0.05, 0.1) is 4.08 Å². The van der Waals surface area contributed by atoms with Crippen molar-refractivity contribution in [1.82, 2.24) is 0 Å². The first kappa shape index (κ1) is 9.26. The van der Waals surface area contributed by atoms with Gasteiger partial charge in [0.15, 0.2) is 0 Å². The van der Waals surface area contributed by atoms with Crippen molar-refractivity contribution in [3.05, 3.63) is 0 Å². The van der Waals surface area contributed by atoms with Gasteiger partial charge in [0.2, 0.25) is 0 Å². The van der Waals surface area contributed by atoms with Crippen LogP contribution in [0.5, 0.6) is 0 Å². The highest BCUT2D eigenvalue weighted by Gasteiger charge is 2.34. The highest BCUT2D eigenvalue weighted by atomic mass is 32.2. The number of hydrogen-bond acceptors (Lipinski definition) is 2. The van der Waals surface area contributed by atoms with Crippen LogP contribution in [0.1, 0.15) is 44.9 Å². The maximum absolute atomic E-state index is 2.25. The van der Waals surface area contributed by atoms with Crippen molar-refractivity contribution < 1.29 is 0 Å². The Bertz CT molecular complexity index is 129. The molecule has 2 aliphatic rings. The summed E-state index contributed by atoms with van der Waals surface area (Å²) in [7, 11) is 0. The largest absolute Gasteiger partial charge is 0.143 e. The van der Waals surface area contributed by atoms with Crippen molar-refractivity contribution in [2.75, 3.05) is 11.5 Å². The van der Waals surface area contributed by atoms with Crippen LogP contribution in [0.4, 0.5) is 0 Å². The zero-order chi connectivity index (χ0) is 8.28. The average Bonchev–Trinajstić information content (AvgIpc) is 2.47. The molecule has 0 radical (unpaired) electrons. The summed E-state index contributed by atoms with van der Waals surface area (Å²) in [5, 5.41) is 0. The number of hydrogen-bond donors (Lipinski definition) is 0. The van der Waals surface area contributed by atoms with E-state index in [4.69, 9.17) is 0 Å². The second-order valence-electron chi connectivity index (χ2n) is 3.88. The molecule has 1 saturated carbocycles. The molecule has 0 nitrogen and oxygen atoms in total. The molecule has 0 aromatic carbocycles. The van der Waals surface area contributed by atoms with Crippen molar-refractivity contribution in [2.24, 2.45) is 0 Å². The van der Waals surface area contributed by atoms with Gasteiger partial charge in [-0.2, -0.15) is 0 Å². The number of rotatable bonds is 0. The quantitative estimate of drug-likeness (QED) is 0.584. The van der Waals surface area contributed by atoms with Crippen LogP contribution in [0.15, 0.2) is 0 Å². The normalized spacial score (nSPS) is 30.0. The molecule has 2 fully saturated rings. The molecule has 1 saturated heterocycles. The van der Waals surface area contributed by atoms with Gasteiger partial charge in [-0.05, 0) is 12.8 Å². The van der Waals surface area contributed by atoms with Crippen LogP contribution in [0, 0.1) is 0 Å². The molecule has 1 heterocycles. The fraction of sp³-hybridized carbons (Fsp3) is 1.00. The van der Waals surface area contributed by atoms with Crippen molar-refractivity contribution in [3.8, 4) is 0 Å². The van der Waals surface area contributed by atoms with Crippen LogP contribution in [0.25, 0.3) is 0 Å². The Morgan fingerprint density at radius 2 is 1.17 bits per heavy atom. The molecule has 0 amide bonds. The Hall–Kier alpha value is 0.700. The summed E-state index contributed by atoms with van der Waals surface area (Å²) in [5.41, 5.74) is 0. The molecule has 1 spiro atoms. The van der Waals surface area contributed by atoms with E-state index in [0.717, 1.165) is 0 Å². The maximum Gasteiger partial charge on any atom is 0.0611 e. The SMILES string of the molecule is C1CCCC2(CCC1)SCCS2. The van der Waals surface area contributed by atoms with Crippen LogP contribution in [-0.2, 0) is 0 Å². The van der Waals surface area contributed by atoms with E-state index in [1.54, 1.807) is 0 Å². The van der Waals surface area contributed by atoms with Crippen LogP contribution in [0.3, 0.4) is 0 Å². The van der Waals surface area contributed by atoms with E-state index in [1.165, 1.54) is 56.5 Å². The molecule has 0 unspecified atom stereocenters. The minimum Gasteiger partial charge on any atom is -0.143 e. The van der Waals surface area contributed by atoms with Crippen molar-refractivity contribution in [3.63, 3.8) is 0 Å². The van der Waals surface area contributed by atoms with E-state index in [0.29, 0.717) is 4.08 Å². The van der Waals surface area contributed by atoms with Gasteiger partial charge in [-0.3, -0.25) is 0 Å². The molecule has 0 atom stereocenters. The molecule has 0 bridgehead atoms. The molecule has 1 aliphatic carbocycles. The summed E-state index contributed by atoms with van der Waals surface area (Å²) in [5.74, 6) is 2.81. The van der Waals surface area contributed by atoms with Gasteiger partial charge in [0, 0.05) is 11.5 Å². The van der Waals surface area contributed by atoms with Crippen molar-refractivity contribution in [1.29, 1.82) is 0 Å². The first-order chi connectivity index (χ1) is 5.91. The zero-order valence-electron chi connectivity index (χ0n) is 7.68. The minimum atomic E-state index is 0.681. The van der Waals surface area contributed by atoms with Gasteiger partial charge < -0.3 is 0 Å². The predicted molar refractivity (Wildman–Crippen MR) is 60.0 cm³/mol. The van der Waals surface area contributed by atoms with E-state index < -0.39 is 0 Å². The summed E-state index contributed by atoms with van der Waals surface area (Å²) >= 11 is 4.50. The Balaban J connectivity index is 1.92. The molecule has 12 heavy (non-hydrogen) atoms. The van der Waals surface area contributed by atoms with E-state index in [-0.39, 0.29) is 0 Å². The van der Waals surface area contributed by atoms with Crippen LogP contribution >= 0.6 is 23.5 Å². The van der Waals surface area contributed by atoms with Crippen molar-refractivity contribution >= 4 is 23.5 Å². The molecule has 0 aromatic heterocycles. The summed E-state index contributed by atoms with van der Waals surface area (Å²) in [6.45, 7) is 0. The highest BCUT2D eigenvalue weighted by Crippen LogP contribution is 2.51. The van der Waals surface area contributed by atoms with Gasteiger partial charge in [0.25, 0.3) is 0 Å². The van der Waals surface area contributed by atoms with Crippen LogP contribution < -0.4 is 0 Å². The Labute approximate surface area is 84.3 Å². The Kier molecular flexibility index (Phi) is 3.30. The third-order valence-electron chi connectivity index (χ3n) is 2.93. The summed E-state index contributed by atoms with van der Waals surface area (Å²) in [6.07, 6.45) is 10.4. The third kappa shape index (κ3) is 2.14. The fourth-order valence-corrected chi connectivity index (χ4v) is 5.63. The molecule has 1 aliphatic heterocycles. The lowest BCUT2D eigenvalue weighted by molar-refractivity contribution is 0.495. The molecular weight excluding hydrogens is 184 g/mol. The summed E-state index contributed by atoms with van der Waals surface area (Å²) in [6, 6.07) is 0. The summed E-state index contributed by atoms with van der Waals surface area (Å²) in [4.78, 5) is 0. The molecular formula is C10H18S2. The zero-order valence-corrected chi connectivity index (χ0v) is 9.31. The standard InChI is InChI=1S/C10H18S2/c1-2-4-6-10(7-5-3-1)11-8-9-12-10/h1-9H2. The Morgan fingerprint density at radius 3 is 1.75 bits per heavy atom. The Morgan fingerprint density at radius 1 is 0.667 bits per heavy atom. The molecule has 0 aromatic rings. The predicted octanol–water partition coefficient (Wildman–Crippen LogP) is 3.91. The van der Waals surface area contributed by atoms with Gasteiger partial charge in [0.1, 0.15) is 0 Å². The van der Waals surface area contributed by atoms with E-state index in [1.807, 2.05) is 0 Å². The second-order valence-corrected chi connectivity index (χ2v) is 7.09. The highest BCUT2D eigenvalue weighted by molar-refractivity contribution is 8.21. The van der Waals surface area contributed by atoms with E-state index in [2.05, 4.69) is 23.5 Å². The minimum absolute atomic E-state index is 0.681. The van der Waals surface area contributed by atoms with E-state index in [9.17, 15) is 0 Å². The topological polar surface area (TPSA) is 0 Å². The van der Waals surface area contributed by atoms with Crippen molar-refractivity contribution in [2.45, 2.75) is 49.0 Å². The molecule has 2 rings (SSSR count). The lowest BCUT2D eigenvalue weighted by atomic mass is 10.00. The first-order valence-electron chi connectivity index (χ1n) is 5.19. The van der Waals surface area contributed by atoms with Gasteiger partial charge in [-0.15, -0.1) is 23.5 Å². The molecule has 2 heteroatoms. The van der Waals surface area contributed by atoms with E-state index >= 15 is 0 Å². The smallest absolute Gasteiger partial charge is 0.0611 e. The lowest BCUT2D eigenvalue weighted by Gasteiger charge is -2.29. The van der Waals surface area contributed by atoms with Crippen LogP contribution in [-0.4, -0.2) is 15.6 Å². The van der Waals surface area contributed by atoms with Gasteiger partial charge >= 0.3 is 0 Å². The van der Waals surface area contributed by atoms with Crippen LogP contribution in [0.2, 0.25) is 0 Å². The molecule has 70 valence electrons. The summed E-state index contributed by atoms with van der Waals surface area (Å²) < 4.78 is 0.681. The van der Waals surface area contributed by atoms with Gasteiger partial charge in [-0.1, -0.05) is 32.1 Å². The first-order valence-corrected chi connectivity index (χ1v) is 7.16. The number of thioether (sulfide) groups is 2. The second kappa shape index (κ2) is 4.28.